The van der Waals surface area contributed by atoms with E-state index in [0.717, 1.165) is 17.9 Å². The first-order valence-corrected chi connectivity index (χ1v) is 5.95. The Morgan fingerprint density at radius 3 is 2.94 bits per heavy atom. The second-order valence-electron chi connectivity index (χ2n) is 4.24. The average Bonchev–Trinajstić information content (AvgIpc) is 2.79. The molecule has 92 valence electrons. The Labute approximate surface area is 101 Å². The van der Waals surface area contributed by atoms with Crippen LogP contribution >= 0.6 is 0 Å². The Balaban J connectivity index is 2.29. The van der Waals surface area contributed by atoms with Crippen molar-refractivity contribution in [3.63, 3.8) is 0 Å². The van der Waals surface area contributed by atoms with E-state index >= 15 is 0 Å². The van der Waals surface area contributed by atoms with Gasteiger partial charge in [-0.15, -0.1) is 0 Å². The maximum Gasteiger partial charge on any atom is 0.222 e. The highest BCUT2D eigenvalue weighted by Gasteiger charge is 2.34. The number of carbonyl (C=O) groups excluding carboxylic acids is 1. The third-order valence-electron chi connectivity index (χ3n) is 3.20. The lowest BCUT2D eigenvalue weighted by atomic mass is 9.88. The highest BCUT2D eigenvalue weighted by molar-refractivity contribution is 5.78. The minimum Gasteiger partial charge on any atom is -0.494 e. The van der Waals surface area contributed by atoms with Crippen molar-refractivity contribution in [1.29, 1.82) is 0 Å². The quantitative estimate of drug-likeness (QED) is 0.812. The Bertz CT molecular complexity index is 406. The summed E-state index contributed by atoms with van der Waals surface area (Å²) in [6.45, 7) is 4.01. The van der Waals surface area contributed by atoms with E-state index in [-0.39, 0.29) is 17.7 Å². The predicted octanol–water partition coefficient (Wildman–Crippen LogP) is 0.874. The minimum atomic E-state index is -0.244. The fraction of sp³-hybridized carbons (Fsp3) is 0.462. The Kier molecular flexibility index (Phi) is 3.64. The van der Waals surface area contributed by atoms with E-state index in [1.807, 2.05) is 31.2 Å². The summed E-state index contributed by atoms with van der Waals surface area (Å²) < 4.78 is 5.60. The molecule has 1 aromatic rings. The molecule has 0 aliphatic carbocycles. The van der Waals surface area contributed by atoms with Crippen molar-refractivity contribution < 1.29 is 9.53 Å². The van der Waals surface area contributed by atoms with Gasteiger partial charge in [0.05, 0.1) is 12.5 Å². The van der Waals surface area contributed by atoms with Crippen LogP contribution in [0.4, 0.5) is 0 Å². The smallest absolute Gasteiger partial charge is 0.222 e. The second kappa shape index (κ2) is 5.19. The summed E-state index contributed by atoms with van der Waals surface area (Å²) in [6, 6.07) is 7.86. The first-order chi connectivity index (χ1) is 8.24. The lowest BCUT2D eigenvalue weighted by Gasteiger charge is -2.19. The van der Waals surface area contributed by atoms with Crippen molar-refractivity contribution in [1.82, 2.24) is 5.32 Å². The van der Waals surface area contributed by atoms with Crippen LogP contribution in [0.3, 0.4) is 0 Å². The molecule has 0 saturated carbocycles. The lowest BCUT2D eigenvalue weighted by molar-refractivity contribution is -0.121. The summed E-state index contributed by atoms with van der Waals surface area (Å²) in [7, 11) is 0. The SMILES string of the molecule is CCOc1ccccc1C1CNCC1C(N)=O. The fourth-order valence-electron chi connectivity index (χ4n) is 2.38. The van der Waals surface area contributed by atoms with Gasteiger partial charge in [-0.2, -0.15) is 0 Å². The van der Waals surface area contributed by atoms with Crippen LogP contribution in [0.2, 0.25) is 0 Å². The molecule has 17 heavy (non-hydrogen) atoms. The number of para-hydroxylation sites is 1. The van der Waals surface area contributed by atoms with Crippen LogP contribution in [0.5, 0.6) is 5.75 Å². The summed E-state index contributed by atoms with van der Waals surface area (Å²) >= 11 is 0. The molecule has 1 aliphatic rings. The molecule has 1 amide bonds. The zero-order valence-corrected chi connectivity index (χ0v) is 9.98. The average molecular weight is 234 g/mol. The highest BCUT2D eigenvalue weighted by Crippen LogP contribution is 2.34. The largest absolute Gasteiger partial charge is 0.494 e. The topological polar surface area (TPSA) is 64.3 Å². The Morgan fingerprint density at radius 1 is 1.47 bits per heavy atom. The number of primary amides is 1. The summed E-state index contributed by atoms with van der Waals surface area (Å²) in [5, 5.41) is 3.22. The zero-order valence-electron chi connectivity index (χ0n) is 9.98. The number of ether oxygens (including phenoxy) is 1. The first kappa shape index (κ1) is 11.9. The standard InChI is InChI=1S/C13H18N2O2/c1-2-17-12-6-4-3-5-9(12)10-7-15-8-11(10)13(14)16/h3-6,10-11,15H,2,7-8H2,1H3,(H2,14,16). The van der Waals surface area contributed by atoms with E-state index in [0.29, 0.717) is 13.2 Å². The number of hydrogen-bond donors (Lipinski definition) is 2. The monoisotopic (exact) mass is 234 g/mol. The van der Waals surface area contributed by atoms with E-state index in [2.05, 4.69) is 5.32 Å². The van der Waals surface area contributed by atoms with Crippen LogP contribution < -0.4 is 15.8 Å². The van der Waals surface area contributed by atoms with Gasteiger partial charge >= 0.3 is 0 Å². The predicted molar refractivity (Wildman–Crippen MR) is 65.9 cm³/mol. The van der Waals surface area contributed by atoms with Gasteiger partial charge in [0.25, 0.3) is 0 Å². The molecule has 1 aliphatic heterocycles. The normalized spacial score (nSPS) is 23.6. The van der Waals surface area contributed by atoms with Crippen molar-refractivity contribution in [2.45, 2.75) is 12.8 Å². The lowest BCUT2D eigenvalue weighted by Crippen LogP contribution is -2.28. The van der Waals surface area contributed by atoms with Crippen LogP contribution in [0, 0.1) is 5.92 Å². The van der Waals surface area contributed by atoms with E-state index in [9.17, 15) is 4.79 Å². The Morgan fingerprint density at radius 2 is 2.24 bits per heavy atom. The van der Waals surface area contributed by atoms with E-state index in [1.165, 1.54) is 0 Å². The van der Waals surface area contributed by atoms with Gasteiger partial charge in [-0.05, 0) is 18.6 Å². The number of rotatable bonds is 4. The Hall–Kier alpha value is -1.55. The molecule has 0 bridgehead atoms. The van der Waals surface area contributed by atoms with Crippen LogP contribution in [0.1, 0.15) is 18.4 Å². The fourth-order valence-corrected chi connectivity index (χ4v) is 2.38. The van der Waals surface area contributed by atoms with Gasteiger partial charge in [0, 0.05) is 19.0 Å². The number of carbonyl (C=O) groups is 1. The number of nitrogens with two attached hydrogens (primary N) is 1. The van der Waals surface area contributed by atoms with Gasteiger partial charge in [0.1, 0.15) is 5.75 Å². The molecule has 1 heterocycles. The van der Waals surface area contributed by atoms with Crippen molar-refractivity contribution in [3.8, 4) is 5.75 Å². The number of hydrogen-bond acceptors (Lipinski definition) is 3. The molecule has 2 unspecified atom stereocenters. The molecule has 1 saturated heterocycles. The molecule has 4 heteroatoms. The molecule has 2 rings (SSSR count). The summed E-state index contributed by atoms with van der Waals surface area (Å²) in [5.74, 6) is 0.591. The summed E-state index contributed by atoms with van der Waals surface area (Å²) in [5.41, 5.74) is 6.50. The van der Waals surface area contributed by atoms with E-state index in [1.54, 1.807) is 0 Å². The highest BCUT2D eigenvalue weighted by atomic mass is 16.5. The summed E-state index contributed by atoms with van der Waals surface area (Å²) in [6.07, 6.45) is 0. The van der Waals surface area contributed by atoms with Gasteiger partial charge in [0.15, 0.2) is 0 Å². The molecule has 2 atom stereocenters. The third-order valence-corrected chi connectivity index (χ3v) is 3.20. The molecule has 4 nitrogen and oxygen atoms in total. The van der Waals surface area contributed by atoms with Gasteiger partial charge in [0.2, 0.25) is 5.91 Å². The number of nitrogens with one attached hydrogen (secondary N) is 1. The molecule has 0 radical (unpaired) electrons. The van der Waals surface area contributed by atoms with E-state index in [4.69, 9.17) is 10.5 Å². The van der Waals surface area contributed by atoms with Crippen LogP contribution in [0.15, 0.2) is 24.3 Å². The molecule has 0 aromatic heterocycles. The number of benzene rings is 1. The second-order valence-corrected chi connectivity index (χ2v) is 4.24. The first-order valence-electron chi connectivity index (χ1n) is 5.95. The van der Waals surface area contributed by atoms with Gasteiger partial charge in [-0.25, -0.2) is 0 Å². The zero-order chi connectivity index (χ0) is 12.3. The van der Waals surface area contributed by atoms with Crippen molar-refractivity contribution in [2.24, 2.45) is 11.7 Å². The van der Waals surface area contributed by atoms with Gasteiger partial charge in [-0.1, -0.05) is 18.2 Å². The molecule has 3 N–H and O–H groups in total. The van der Waals surface area contributed by atoms with Crippen LogP contribution in [-0.2, 0) is 4.79 Å². The van der Waals surface area contributed by atoms with Crippen LogP contribution in [0.25, 0.3) is 0 Å². The maximum absolute atomic E-state index is 11.4. The maximum atomic E-state index is 11.4. The van der Waals surface area contributed by atoms with Crippen molar-refractivity contribution in [2.75, 3.05) is 19.7 Å². The van der Waals surface area contributed by atoms with Gasteiger partial charge < -0.3 is 15.8 Å². The number of amides is 1. The van der Waals surface area contributed by atoms with E-state index < -0.39 is 0 Å². The van der Waals surface area contributed by atoms with Crippen molar-refractivity contribution in [3.05, 3.63) is 29.8 Å². The molecule has 0 spiro atoms. The summed E-state index contributed by atoms with van der Waals surface area (Å²) in [4.78, 5) is 11.4. The molecular weight excluding hydrogens is 216 g/mol. The molecule has 1 fully saturated rings. The third kappa shape index (κ3) is 2.42. The minimum absolute atomic E-state index is 0.121. The molecular formula is C13H18N2O2. The van der Waals surface area contributed by atoms with Crippen molar-refractivity contribution >= 4 is 5.91 Å². The van der Waals surface area contributed by atoms with Crippen LogP contribution in [-0.4, -0.2) is 25.6 Å². The van der Waals surface area contributed by atoms with Gasteiger partial charge in [-0.3, -0.25) is 4.79 Å². The molecule has 1 aromatic carbocycles.